The van der Waals surface area contributed by atoms with Crippen molar-refractivity contribution in [1.29, 1.82) is 0 Å². The molecule has 0 bridgehead atoms. The summed E-state index contributed by atoms with van der Waals surface area (Å²) >= 11 is 2.00. The smallest absolute Gasteiger partial charge is 0.422 e. The number of hydrogen-bond donors (Lipinski definition) is 1. The minimum absolute atomic E-state index is 0.0914. The van der Waals surface area contributed by atoms with Crippen LogP contribution in [0, 0.1) is 3.57 Å². The van der Waals surface area contributed by atoms with Gasteiger partial charge < -0.3 is 19.5 Å². The van der Waals surface area contributed by atoms with Crippen LogP contribution in [0.2, 0.25) is 0 Å². The molecule has 1 heterocycles. The van der Waals surface area contributed by atoms with Crippen molar-refractivity contribution < 1.29 is 32.2 Å². The molecule has 0 aliphatic heterocycles. The Hall–Kier alpha value is -2.24. The Bertz CT molecular complexity index is 815. The lowest BCUT2D eigenvalue weighted by Crippen LogP contribution is -2.24. The van der Waals surface area contributed by atoms with Crippen LogP contribution in [-0.4, -0.2) is 37.9 Å². The van der Waals surface area contributed by atoms with Crippen molar-refractivity contribution in [2.24, 2.45) is 0 Å². The first-order chi connectivity index (χ1) is 12.7. The van der Waals surface area contributed by atoms with Crippen LogP contribution in [0.5, 0.6) is 17.4 Å². The first-order valence-electron chi connectivity index (χ1n) is 7.57. The standard InChI is InChI=1S/C17H16F3IN2O4/c1-25-13-6-11(12(21)7-14(13)26-2)16(24)23-8-10-3-4-22-15(5-10)27-9-17(18,19)20/h3-7H,8-9H2,1-2H3,(H,23,24). The molecule has 0 saturated heterocycles. The predicted molar refractivity (Wildman–Crippen MR) is 99.2 cm³/mol. The van der Waals surface area contributed by atoms with E-state index in [2.05, 4.69) is 15.0 Å². The number of carbonyl (C=O) groups is 1. The number of alkyl halides is 3. The number of ether oxygens (including phenoxy) is 3. The van der Waals surface area contributed by atoms with Gasteiger partial charge in [-0.05, 0) is 46.4 Å². The fourth-order valence-electron chi connectivity index (χ4n) is 2.10. The van der Waals surface area contributed by atoms with Gasteiger partial charge in [0, 0.05) is 22.4 Å². The van der Waals surface area contributed by atoms with Crippen LogP contribution in [0.1, 0.15) is 15.9 Å². The van der Waals surface area contributed by atoms with E-state index < -0.39 is 12.8 Å². The van der Waals surface area contributed by atoms with Crippen molar-refractivity contribution in [3.8, 4) is 17.4 Å². The van der Waals surface area contributed by atoms with Gasteiger partial charge in [0.1, 0.15) is 0 Å². The van der Waals surface area contributed by atoms with E-state index in [1.807, 2.05) is 22.6 Å². The van der Waals surface area contributed by atoms with Gasteiger partial charge in [0.25, 0.3) is 5.91 Å². The average molecular weight is 496 g/mol. The fraction of sp³-hybridized carbons (Fsp3) is 0.294. The van der Waals surface area contributed by atoms with Gasteiger partial charge in [-0.25, -0.2) is 4.98 Å². The SMILES string of the molecule is COc1cc(I)c(C(=O)NCc2ccnc(OCC(F)(F)F)c2)cc1OC. The molecular formula is C17H16F3IN2O4. The van der Waals surface area contributed by atoms with E-state index in [-0.39, 0.29) is 18.3 Å². The van der Waals surface area contributed by atoms with E-state index in [4.69, 9.17) is 9.47 Å². The highest BCUT2D eigenvalue weighted by molar-refractivity contribution is 14.1. The summed E-state index contributed by atoms with van der Waals surface area (Å²) < 4.78 is 52.2. The monoisotopic (exact) mass is 496 g/mol. The Labute approximate surface area is 167 Å². The summed E-state index contributed by atoms with van der Waals surface area (Å²) in [6, 6.07) is 6.13. The molecule has 1 aromatic carbocycles. The number of halogens is 4. The molecule has 2 aromatic rings. The maximum absolute atomic E-state index is 12.4. The van der Waals surface area contributed by atoms with Gasteiger partial charge in [0.05, 0.1) is 19.8 Å². The number of nitrogens with zero attached hydrogens (tertiary/aromatic N) is 1. The van der Waals surface area contributed by atoms with Crippen molar-refractivity contribution in [1.82, 2.24) is 10.3 Å². The quantitative estimate of drug-likeness (QED) is 0.594. The van der Waals surface area contributed by atoms with Gasteiger partial charge >= 0.3 is 6.18 Å². The summed E-state index contributed by atoms with van der Waals surface area (Å²) in [5.74, 6) is 0.378. The molecule has 27 heavy (non-hydrogen) atoms. The zero-order valence-electron chi connectivity index (χ0n) is 14.4. The number of methoxy groups -OCH3 is 2. The van der Waals surface area contributed by atoms with Crippen LogP contribution in [0.15, 0.2) is 30.5 Å². The van der Waals surface area contributed by atoms with E-state index in [0.29, 0.717) is 26.2 Å². The Morgan fingerprint density at radius 2 is 1.85 bits per heavy atom. The van der Waals surface area contributed by atoms with E-state index >= 15 is 0 Å². The number of rotatable bonds is 7. The lowest BCUT2D eigenvalue weighted by Gasteiger charge is -2.12. The summed E-state index contributed by atoms with van der Waals surface area (Å²) in [5, 5.41) is 2.70. The molecule has 0 radical (unpaired) electrons. The predicted octanol–water partition coefficient (Wildman–Crippen LogP) is 3.57. The van der Waals surface area contributed by atoms with E-state index in [1.165, 1.54) is 26.5 Å². The van der Waals surface area contributed by atoms with Gasteiger partial charge in [0.2, 0.25) is 5.88 Å². The van der Waals surface area contributed by atoms with Crippen LogP contribution in [0.4, 0.5) is 13.2 Å². The first kappa shape index (κ1) is 21.1. The molecule has 0 fully saturated rings. The molecule has 1 amide bonds. The van der Waals surface area contributed by atoms with Crippen LogP contribution in [0.3, 0.4) is 0 Å². The van der Waals surface area contributed by atoms with Crippen molar-refractivity contribution in [2.45, 2.75) is 12.7 Å². The summed E-state index contributed by atoms with van der Waals surface area (Å²) in [6.07, 6.45) is -3.14. The van der Waals surface area contributed by atoms with Crippen molar-refractivity contribution in [3.63, 3.8) is 0 Å². The molecule has 6 nitrogen and oxygen atoms in total. The molecule has 0 aliphatic rings. The molecule has 2 rings (SSSR count). The Kier molecular flexibility index (Phi) is 7.11. The van der Waals surface area contributed by atoms with Crippen molar-refractivity contribution >= 4 is 28.5 Å². The van der Waals surface area contributed by atoms with Gasteiger partial charge in [-0.2, -0.15) is 13.2 Å². The molecular weight excluding hydrogens is 480 g/mol. The molecule has 0 aliphatic carbocycles. The maximum atomic E-state index is 12.4. The zero-order chi connectivity index (χ0) is 20.0. The first-order valence-corrected chi connectivity index (χ1v) is 8.65. The highest BCUT2D eigenvalue weighted by Crippen LogP contribution is 2.31. The number of hydrogen-bond acceptors (Lipinski definition) is 5. The lowest BCUT2D eigenvalue weighted by molar-refractivity contribution is -0.154. The van der Waals surface area contributed by atoms with Gasteiger partial charge in [-0.1, -0.05) is 0 Å². The van der Waals surface area contributed by atoms with Crippen LogP contribution in [0.25, 0.3) is 0 Å². The Morgan fingerprint density at radius 3 is 2.48 bits per heavy atom. The third-order valence-corrected chi connectivity index (χ3v) is 4.25. The number of aromatic nitrogens is 1. The minimum Gasteiger partial charge on any atom is -0.493 e. The highest BCUT2D eigenvalue weighted by atomic mass is 127. The second-order valence-corrected chi connectivity index (χ2v) is 6.44. The van der Waals surface area contributed by atoms with Crippen molar-refractivity contribution in [3.05, 3.63) is 45.2 Å². The van der Waals surface area contributed by atoms with Crippen LogP contribution in [-0.2, 0) is 6.54 Å². The molecule has 0 unspecified atom stereocenters. The number of carbonyl (C=O) groups excluding carboxylic acids is 1. The molecule has 146 valence electrons. The normalized spacial score (nSPS) is 11.0. The molecule has 1 aromatic heterocycles. The summed E-state index contributed by atoms with van der Waals surface area (Å²) in [6.45, 7) is -1.34. The van der Waals surface area contributed by atoms with Gasteiger partial charge in [0.15, 0.2) is 18.1 Å². The zero-order valence-corrected chi connectivity index (χ0v) is 16.6. The van der Waals surface area contributed by atoms with Crippen LogP contribution < -0.4 is 19.5 Å². The number of amides is 1. The third kappa shape index (κ3) is 6.15. The van der Waals surface area contributed by atoms with Crippen LogP contribution >= 0.6 is 22.6 Å². The van der Waals surface area contributed by atoms with E-state index in [9.17, 15) is 18.0 Å². The summed E-state index contributed by atoms with van der Waals surface area (Å²) in [7, 11) is 2.96. The topological polar surface area (TPSA) is 69.7 Å². The number of pyridine rings is 1. The lowest BCUT2D eigenvalue weighted by atomic mass is 10.1. The van der Waals surface area contributed by atoms with Gasteiger partial charge in [-0.3, -0.25) is 4.79 Å². The summed E-state index contributed by atoms with van der Waals surface area (Å²) in [4.78, 5) is 16.2. The molecule has 0 spiro atoms. The molecule has 1 N–H and O–H groups in total. The maximum Gasteiger partial charge on any atom is 0.422 e. The fourth-order valence-corrected chi connectivity index (χ4v) is 2.78. The molecule has 0 atom stereocenters. The Balaban J connectivity index is 2.05. The third-order valence-electron chi connectivity index (χ3n) is 3.35. The Morgan fingerprint density at radius 1 is 1.19 bits per heavy atom. The summed E-state index contributed by atoms with van der Waals surface area (Å²) in [5.41, 5.74) is 0.932. The highest BCUT2D eigenvalue weighted by Gasteiger charge is 2.28. The molecule has 0 saturated carbocycles. The van der Waals surface area contributed by atoms with E-state index in [0.717, 1.165) is 0 Å². The largest absolute Gasteiger partial charge is 0.493 e. The number of benzene rings is 1. The molecule has 10 heteroatoms. The van der Waals surface area contributed by atoms with Gasteiger partial charge in [-0.15, -0.1) is 0 Å². The second kappa shape index (κ2) is 9.11. The minimum atomic E-state index is -4.45. The van der Waals surface area contributed by atoms with E-state index in [1.54, 1.807) is 18.2 Å². The average Bonchev–Trinajstić information content (AvgIpc) is 2.64. The second-order valence-electron chi connectivity index (χ2n) is 5.28. The number of nitrogens with one attached hydrogen (secondary N) is 1. The van der Waals surface area contributed by atoms with Crippen molar-refractivity contribution in [2.75, 3.05) is 20.8 Å².